The summed E-state index contributed by atoms with van der Waals surface area (Å²) in [4.78, 5) is 17.0. The number of hydrogen-bond acceptors (Lipinski definition) is 4. The van der Waals surface area contributed by atoms with Gasteiger partial charge in [-0.05, 0) is 12.8 Å². The average Bonchev–Trinajstić information content (AvgIpc) is 2.30. The molecule has 2 rings (SSSR count). The minimum absolute atomic E-state index is 0.107. The molecule has 0 saturated carbocycles. The van der Waals surface area contributed by atoms with E-state index in [1.165, 1.54) is 5.06 Å². The lowest BCUT2D eigenvalue weighted by molar-refractivity contribution is -0.214. The van der Waals surface area contributed by atoms with Crippen LogP contribution in [0.25, 0.3) is 0 Å². The zero-order valence-corrected chi connectivity index (χ0v) is 8.11. The molecule has 0 aromatic rings. The number of rotatable bonds is 1. The van der Waals surface area contributed by atoms with E-state index in [1.807, 2.05) is 0 Å². The fraction of sp³-hybridized carbons (Fsp3) is 0.889. The molecule has 0 aliphatic carbocycles. The van der Waals surface area contributed by atoms with Crippen LogP contribution in [0.3, 0.4) is 0 Å². The van der Waals surface area contributed by atoms with Crippen molar-refractivity contribution in [3.8, 4) is 0 Å². The second-order valence-electron chi connectivity index (χ2n) is 3.42. The monoisotopic (exact) mass is 201 g/mol. The molecule has 1 atom stereocenters. The van der Waals surface area contributed by atoms with E-state index in [0.29, 0.717) is 33.0 Å². The van der Waals surface area contributed by atoms with Crippen molar-refractivity contribution in [3.63, 3.8) is 0 Å². The molecule has 0 N–H and O–H groups in total. The van der Waals surface area contributed by atoms with Gasteiger partial charge in [-0.1, -0.05) is 0 Å². The molecule has 5 heteroatoms. The topological polar surface area (TPSA) is 48.0 Å². The number of amides is 1. The highest BCUT2D eigenvalue weighted by Crippen LogP contribution is 2.11. The molecule has 80 valence electrons. The molecule has 0 radical (unpaired) electrons. The van der Waals surface area contributed by atoms with Crippen molar-refractivity contribution in [2.75, 3.05) is 33.0 Å². The van der Waals surface area contributed by atoms with E-state index in [1.54, 1.807) is 0 Å². The molecule has 2 aliphatic rings. The van der Waals surface area contributed by atoms with E-state index in [4.69, 9.17) is 14.3 Å². The molecule has 0 bridgehead atoms. The molecule has 1 amide bonds. The number of ether oxygens (including phenoxy) is 2. The molecular formula is C9H15NO4. The molecule has 0 aromatic heterocycles. The molecule has 0 spiro atoms. The van der Waals surface area contributed by atoms with Crippen molar-refractivity contribution in [2.45, 2.75) is 18.9 Å². The quantitative estimate of drug-likeness (QED) is 0.597. The number of carbonyl (C=O) groups is 1. The average molecular weight is 201 g/mol. The molecule has 2 saturated heterocycles. The Balaban J connectivity index is 1.85. The first kappa shape index (κ1) is 9.89. The van der Waals surface area contributed by atoms with Gasteiger partial charge in [0, 0.05) is 6.54 Å². The van der Waals surface area contributed by atoms with E-state index >= 15 is 0 Å². The first-order valence-corrected chi connectivity index (χ1v) is 5.01. The second kappa shape index (κ2) is 4.72. The van der Waals surface area contributed by atoms with Crippen molar-refractivity contribution in [1.82, 2.24) is 5.06 Å². The maximum atomic E-state index is 11.7. The van der Waals surface area contributed by atoms with Gasteiger partial charge in [-0.25, -0.2) is 5.06 Å². The molecule has 0 aromatic carbocycles. The standard InChI is InChI=1S/C9H15NO4/c11-9(8-7-12-5-6-13-8)10-3-1-2-4-14-10/h8H,1-7H2. The van der Waals surface area contributed by atoms with Gasteiger partial charge in [0.15, 0.2) is 6.10 Å². The van der Waals surface area contributed by atoms with Gasteiger partial charge in [-0.3, -0.25) is 9.63 Å². The van der Waals surface area contributed by atoms with Crippen LogP contribution in [0, 0.1) is 0 Å². The Labute approximate surface area is 82.9 Å². The Morgan fingerprint density at radius 1 is 1.21 bits per heavy atom. The van der Waals surface area contributed by atoms with Gasteiger partial charge in [-0.2, -0.15) is 0 Å². The summed E-state index contributed by atoms with van der Waals surface area (Å²) in [6, 6.07) is 0. The van der Waals surface area contributed by atoms with Crippen LogP contribution in [0.2, 0.25) is 0 Å². The third kappa shape index (κ3) is 2.23. The SMILES string of the molecule is O=C(C1COCCO1)N1CCCCO1. The highest BCUT2D eigenvalue weighted by molar-refractivity contribution is 5.80. The summed E-state index contributed by atoms with van der Waals surface area (Å²) in [6.45, 7) is 2.70. The number of hydroxylamine groups is 2. The highest BCUT2D eigenvalue weighted by Gasteiger charge is 2.29. The van der Waals surface area contributed by atoms with E-state index in [2.05, 4.69) is 0 Å². The van der Waals surface area contributed by atoms with Gasteiger partial charge in [0.1, 0.15) is 0 Å². The van der Waals surface area contributed by atoms with Crippen molar-refractivity contribution >= 4 is 5.91 Å². The van der Waals surface area contributed by atoms with Crippen molar-refractivity contribution in [1.29, 1.82) is 0 Å². The summed E-state index contributed by atoms with van der Waals surface area (Å²) in [7, 11) is 0. The van der Waals surface area contributed by atoms with Crippen LogP contribution in [0.1, 0.15) is 12.8 Å². The first-order chi connectivity index (χ1) is 6.88. The van der Waals surface area contributed by atoms with Crippen LogP contribution in [0.5, 0.6) is 0 Å². The third-order valence-corrected chi connectivity index (χ3v) is 2.34. The largest absolute Gasteiger partial charge is 0.376 e. The summed E-state index contributed by atoms with van der Waals surface area (Å²) in [6.07, 6.45) is 1.55. The van der Waals surface area contributed by atoms with Crippen LogP contribution in [-0.2, 0) is 19.1 Å². The van der Waals surface area contributed by atoms with Crippen molar-refractivity contribution in [3.05, 3.63) is 0 Å². The summed E-state index contributed by atoms with van der Waals surface area (Å²) >= 11 is 0. The molecular weight excluding hydrogens is 186 g/mol. The van der Waals surface area contributed by atoms with E-state index in [0.717, 1.165) is 12.8 Å². The zero-order chi connectivity index (χ0) is 9.80. The van der Waals surface area contributed by atoms with Gasteiger partial charge in [0.05, 0.1) is 26.4 Å². The van der Waals surface area contributed by atoms with E-state index in [-0.39, 0.29) is 5.91 Å². The fourth-order valence-corrected chi connectivity index (χ4v) is 1.56. The fourth-order valence-electron chi connectivity index (χ4n) is 1.56. The summed E-state index contributed by atoms with van der Waals surface area (Å²) in [5.74, 6) is -0.107. The Morgan fingerprint density at radius 3 is 2.79 bits per heavy atom. The maximum absolute atomic E-state index is 11.7. The second-order valence-corrected chi connectivity index (χ2v) is 3.42. The maximum Gasteiger partial charge on any atom is 0.277 e. The van der Waals surface area contributed by atoms with Crippen LogP contribution < -0.4 is 0 Å². The first-order valence-electron chi connectivity index (χ1n) is 5.01. The van der Waals surface area contributed by atoms with E-state index in [9.17, 15) is 4.79 Å². The van der Waals surface area contributed by atoms with Gasteiger partial charge in [0.25, 0.3) is 5.91 Å². The third-order valence-electron chi connectivity index (χ3n) is 2.34. The zero-order valence-electron chi connectivity index (χ0n) is 8.11. The molecule has 5 nitrogen and oxygen atoms in total. The number of nitrogens with zero attached hydrogens (tertiary/aromatic N) is 1. The summed E-state index contributed by atoms with van der Waals surface area (Å²) in [5, 5.41) is 1.41. The molecule has 14 heavy (non-hydrogen) atoms. The van der Waals surface area contributed by atoms with Crippen LogP contribution >= 0.6 is 0 Å². The van der Waals surface area contributed by atoms with Gasteiger partial charge in [-0.15, -0.1) is 0 Å². The van der Waals surface area contributed by atoms with Crippen molar-refractivity contribution < 1.29 is 19.1 Å². The van der Waals surface area contributed by atoms with Crippen LogP contribution in [0.15, 0.2) is 0 Å². The number of hydrogen-bond donors (Lipinski definition) is 0. The number of carbonyl (C=O) groups excluding carboxylic acids is 1. The Bertz CT molecular complexity index is 177. The molecule has 2 aliphatic heterocycles. The van der Waals surface area contributed by atoms with Crippen LogP contribution in [-0.4, -0.2) is 50.0 Å². The summed E-state index contributed by atoms with van der Waals surface area (Å²) in [5.41, 5.74) is 0. The minimum Gasteiger partial charge on any atom is -0.376 e. The smallest absolute Gasteiger partial charge is 0.277 e. The predicted octanol–water partition coefficient (Wildman–Crippen LogP) is -0.0442. The Kier molecular flexibility index (Phi) is 3.34. The molecule has 1 unspecified atom stereocenters. The Hall–Kier alpha value is -0.650. The van der Waals surface area contributed by atoms with Crippen LogP contribution in [0.4, 0.5) is 0 Å². The van der Waals surface area contributed by atoms with Gasteiger partial charge >= 0.3 is 0 Å². The molecule has 2 fully saturated rings. The van der Waals surface area contributed by atoms with E-state index < -0.39 is 6.10 Å². The summed E-state index contributed by atoms with van der Waals surface area (Å²) < 4.78 is 10.5. The van der Waals surface area contributed by atoms with Gasteiger partial charge < -0.3 is 9.47 Å². The lowest BCUT2D eigenvalue weighted by Crippen LogP contribution is -2.47. The molecule has 2 heterocycles. The lowest BCUT2D eigenvalue weighted by Gasteiger charge is -2.30. The predicted molar refractivity (Wildman–Crippen MR) is 47.5 cm³/mol. The normalized spacial score (nSPS) is 28.9. The van der Waals surface area contributed by atoms with Crippen molar-refractivity contribution in [2.24, 2.45) is 0 Å². The lowest BCUT2D eigenvalue weighted by atomic mass is 10.2. The van der Waals surface area contributed by atoms with Gasteiger partial charge in [0.2, 0.25) is 0 Å². The minimum atomic E-state index is -0.471. The Morgan fingerprint density at radius 2 is 2.14 bits per heavy atom. The highest BCUT2D eigenvalue weighted by atomic mass is 16.7.